The molecule has 0 radical (unpaired) electrons. The highest BCUT2D eigenvalue weighted by Crippen LogP contribution is 2.23. The molecule has 1 rings (SSSR count). The Morgan fingerprint density at radius 1 is 1.62 bits per heavy atom. The maximum Gasteiger partial charge on any atom is 0.125 e. The summed E-state index contributed by atoms with van der Waals surface area (Å²) >= 11 is 0. The van der Waals surface area contributed by atoms with Gasteiger partial charge in [0, 0.05) is 17.8 Å². The fraction of sp³-hybridized carbons (Fsp3) is 0.273. The van der Waals surface area contributed by atoms with Crippen molar-refractivity contribution in [3.05, 3.63) is 36.7 Å². The van der Waals surface area contributed by atoms with Crippen LogP contribution in [0.3, 0.4) is 0 Å². The molecule has 1 heterocycles. The van der Waals surface area contributed by atoms with Crippen molar-refractivity contribution in [2.45, 2.75) is 19.9 Å². The summed E-state index contributed by atoms with van der Waals surface area (Å²) in [7, 11) is 0. The van der Waals surface area contributed by atoms with Crippen molar-refractivity contribution in [3.63, 3.8) is 0 Å². The Hall–Kier alpha value is -1.31. The number of nitrogens with zero attached hydrogens (tertiary/aromatic N) is 1. The Bertz CT molecular complexity index is 334. The fourth-order valence-corrected chi connectivity index (χ4v) is 1.35. The minimum Gasteiger partial charge on any atom is -0.345 e. The normalized spacial score (nSPS) is 10.5. The van der Waals surface area contributed by atoms with Crippen molar-refractivity contribution in [3.8, 4) is 0 Å². The molecular weight excluding hydrogens is 165 g/mol. The molecule has 0 bridgehead atoms. The largest absolute Gasteiger partial charge is 0.345 e. The van der Waals surface area contributed by atoms with E-state index >= 15 is 0 Å². The summed E-state index contributed by atoms with van der Waals surface area (Å²) in [4.78, 5) is 0. The SMILES string of the molecule is C=Cc1c(C(=C)F)ccn1C(C)C. The summed E-state index contributed by atoms with van der Waals surface area (Å²) < 4.78 is 14.9. The third-order valence-electron chi connectivity index (χ3n) is 2.00. The molecular formula is C11H14FN. The number of aromatic nitrogens is 1. The zero-order valence-corrected chi connectivity index (χ0v) is 8.05. The first-order valence-corrected chi connectivity index (χ1v) is 4.26. The predicted molar refractivity (Wildman–Crippen MR) is 55.1 cm³/mol. The van der Waals surface area contributed by atoms with Crippen molar-refractivity contribution in [1.82, 2.24) is 4.57 Å². The van der Waals surface area contributed by atoms with Gasteiger partial charge in [-0.1, -0.05) is 13.2 Å². The second-order valence-corrected chi connectivity index (χ2v) is 3.22. The molecule has 0 fully saturated rings. The Balaban J connectivity index is 3.26. The number of rotatable bonds is 3. The van der Waals surface area contributed by atoms with Crippen molar-refractivity contribution >= 4 is 11.9 Å². The van der Waals surface area contributed by atoms with Crippen LogP contribution in [0.5, 0.6) is 0 Å². The van der Waals surface area contributed by atoms with Gasteiger partial charge in [0.15, 0.2) is 0 Å². The molecule has 1 aromatic heterocycles. The Kier molecular flexibility index (Phi) is 2.71. The molecule has 1 nitrogen and oxygen atoms in total. The van der Waals surface area contributed by atoms with Crippen molar-refractivity contribution in [2.75, 3.05) is 0 Å². The average molecular weight is 179 g/mol. The van der Waals surface area contributed by atoms with Gasteiger partial charge in [-0.05, 0) is 26.0 Å². The lowest BCUT2D eigenvalue weighted by atomic mass is 10.2. The van der Waals surface area contributed by atoms with Crippen molar-refractivity contribution < 1.29 is 4.39 Å². The summed E-state index contributed by atoms with van der Waals surface area (Å²) in [6, 6.07) is 2.03. The van der Waals surface area contributed by atoms with Gasteiger partial charge >= 0.3 is 0 Å². The topological polar surface area (TPSA) is 4.93 Å². The van der Waals surface area contributed by atoms with Crippen LogP contribution in [0, 0.1) is 0 Å². The molecule has 0 aliphatic carbocycles. The molecule has 2 heteroatoms. The molecule has 0 aliphatic rings. The van der Waals surface area contributed by atoms with E-state index < -0.39 is 5.83 Å². The number of halogens is 1. The molecule has 0 amide bonds. The zero-order chi connectivity index (χ0) is 10.0. The molecule has 0 aliphatic heterocycles. The first-order chi connectivity index (χ1) is 6.07. The molecule has 0 saturated heterocycles. The maximum absolute atomic E-state index is 12.9. The Labute approximate surface area is 78.2 Å². The first-order valence-electron chi connectivity index (χ1n) is 4.26. The molecule has 0 saturated carbocycles. The van der Waals surface area contributed by atoms with E-state index in [9.17, 15) is 4.39 Å². The fourth-order valence-electron chi connectivity index (χ4n) is 1.35. The second kappa shape index (κ2) is 3.60. The van der Waals surface area contributed by atoms with Crippen LogP contribution in [0.4, 0.5) is 4.39 Å². The van der Waals surface area contributed by atoms with Crippen LogP contribution in [0.1, 0.15) is 31.1 Å². The summed E-state index contributed by atoms with van der Waals surface area (Å²) in [5, 5.41) is 0. The van der Waals surface area contributed by atoms with Crippen LogP contribution in [0.2, 0.25) is 0 Å². The third kappa shape index (κ3) is 1.72. The van der Waals surface area contributed by atoms with Gasteiger partial charge in [-0.25, -0.2) is 4.39 Å². The molecule has 13 heavy (non-hydrogen) atoms. The lowest BCUT2D eigenvalue weighted by Crippen LogP contribution is -2.01. The standard InChI is InChI=1S/C11H14FN/c1-5-11-10(9(4)12)6-7-13(11)8(2)3/h5-8H,1,4H2,2-3H3. The van der Waals surface area contributed by atoms with Crippen molar-refractivity contribution in [1.29, 1.82) is 0 Å². The molecule has 1 aromatic rings. The average Bonchev–Trinajstić information content (AvgIpc) is 2.46. The third-order valence-corrected chi connectivity index (χ3v) is 2.00. The highest BCUT2D eigenvalue weighted by molar-refractivity contribution is 5.67. The number of hydrogen-bond donors (Lipinski definition) is 0. The van der Waals surface area contributed by atoms with E-state index in [2.05, 4.69) is 13.2 Å². The molecule has 0 unspecified atom stereocenters. The van der Waals surface area contributed by atoms with E-state index in [1.165, 1.54) is 0 Å². The quantitative estimate of drug-likeness (QED) is 0.667. The predicted octanol–water partition coefficient (Wildman–Crippen LogP) is 3.65. The van der Waals surface area contributed by atoms with Gasteiger partial charge in [0.05, 0.1) is 5.69 Å². The van der Waals surface area contributed by atoms with Gasteiger partial charge in [-0.3, -0.25) is 0 Å². The Morgan fingerprint density at radius 3 is 2.62 bits per heavy atom. The molecule has 70 valence electrons. The first kappa shape index (κ1) is 9.78. The summed E-state index contributed by atoms with van der Waals surface area (Å²) in [6.07, 6.45) is 3.50. The van der Waals surface area contributed by atoms with Crippen LogP contribution in [-0.2, 0) is 0 Å². The van der Waals surface area contributed by atoms with Crippen LogP contribution >= 0.6 is 0 Å². The van der Waals surface area contributed by atoms with Gasteiger partial charge in [-0.2, -0.15) is 0 Å². The minimum absolute atomic E-state index is 0.307. The van der Waals surface area contributed by atoms with Crippen molar-refractivity contribution in [2.24, 2.45) is 0 Å². The molecule has 0 atom stereocenters. The van der Waals surface area contributed by atoms with E-state index in [1.54, 1.807) is 12.1 Å². The Morgan fingerprint density at radius 2 is 2.23 bits per heavy atom. The molecule has 0 N–H and O–H groups in total. The minimum atomic E-state index is -0.408. The van der Waals surface area contributed by atoms with Crippen LogP contribution in [0.15, 0.2) is 25.4 Å². The van der Waals surface area contributed by atoms with Gasteiger partial charge in [0.25, 0.3) is 0 Å². The summed E-state index contributed by atoms with van der Waals surface area (Å²) in [5.41, 5.74) is 1.33. The van der Waals surface area contributed by atoms with Crippen LogP contribution in [0.25, 0.3) is 11.9 Å². The van der Waals surface area contributed by atoms with Gasteiger partial charge in [0.1, 0.15) is 5.83 Å². The van der Waals surface area contributed by atoms with E-state index in [-0.39, 0.29) is 0 Å². The lowest BCUT2D eigenvalue weighted by molar-refractivity contribution is 0.598. The van der Waals surface area contributed by atoms with E-state index in [1.807, 2.05) is 24.6 Å². The van der Waals surface area contributed by atoms with E-state index in [0.717, 1.165) is 5.69 Å². The van der Waals surface area contributed by atoms with Gasteiger partial charge < -0.3 is 4.57 Å². The lowest BCUT2D eigenvalue weighted by Gasteiger charge is -2.10. The number of hydrogen-bond acceptors (Lipinski definition) is 0. The monoisotopic (exact) mass is 179 g/mol. The van der Waals surface area contributed by atoms with E-state index in [0.29, 0.717) is 11.6 Å². The van der Waals surface area contributed by atoms with Gasteiger partial charge in [0.2, 0.25) is 0 Å². The highest BCUT2D eigenvalue weighted by Gasteiger charge is 2.10. The molecule has 0 spiro atoms. The maximum atomic E-state index is 12.9. The van der Waals surface area contributed by atoms with Crippen LogP contribution in [-0.4, -0.2) is 4.57 Å². The second-order valence-electron chi connectivity index (χ2n) is 3.22. The van der Waals surface area contributed by atoms with E-state index in [4.69, 9.17) is 0 Å². The smallest absolute Gasteiger partial charge is 0.125 e. The van der Waals surface area contributed by atoms with Crippen LogP contribution < -0.4 is 0 Å². The van der Waals surface area contributed by atoms with Gasteiger partial charge in [-0.15, -0.1) is 0 Å². The molecule has 0 aromatic carbocycles. The zero-order valence-electron chi connectivity index (χ0n) is 8.05. The summed E-state index contributed by atoms with van der Waals surface area (Å²) in [5.74, 6) is -0.408. The summed E-state index contributed by atoms with van der Waals surface area (Å²) in [6.45, 7) is 11.0. The highest BCUT2D eigenvalue weighted by atomic mass is 19.1.